The van der Waals surface area contributed by atoms with Crippen LogP contribution in [0.2, 0.25) is 0 Å². The maximum Gasteiger partial charge on any atom is 0.204 e. The fourth-order valence-corrected chi connectivity index (χ4v) is 2.05. The van der Waals surface area contributed by atoms with Crippen molar-refractivity contribution in [2.45, 2.75) is 6.92 Å². The van der Waals surface area contributed by atoms with Crippen molar-refractivity contribution >= 4 is 24.2 Å². The van der Waals surface area contributed by atoms with E-state index in [1.165, 1.54) is 6.92 Å². The van der Waals surface area contributed by atoms with Gasteiger partial charge in [-0.1, -0.05) is 38.5 Å². The highest BCUT2D eigenvalue weighted by atomic mass is 35.5. The molecule has 5 nitrogen and oxygen atoms in total. The second kappa shape index (κ2) is 21.0. The highest BCUT2D eigenvalue weighted by Gasteiger charge is 1.95. The topological polar surface area (TPSA) is 51.8 Å². The molecular formula is C28H35Cl2N3O2. The quantitative estimate of drug-likeness (QED) is 0.271. The molecule has 0 aliphatic rings. The number of aromatic nitrogens is 3. The predicted octanol–water partition coefficient (Wildman–Crippen LogP) is -3.22. The van der Waals surface area contributed by atoms with Crippen LogP contribution in [0.1, 0.15) is 23.7 Å². The Kier molecular flexibility index (Phi) is 21.6. The van der Waals surface area contributed by atoms with Crippen molar-refractivity contribution in [1.29, 1.82) is 0 Å². The molecule has 0 radical (unpaired) electrons. The summed E-state index contributed by atoms with van der Waals surface area (Å²) < 4.78 is 6.01. The zero-order valence-electron chi connectivity index (χ0n) is 20.9. The van der Waals surface area contributed by atoms with E-state index in [2.05, 4.69) is 26.3 Å². The summed E-state index contributed by atoms with van der Waals surface area (Å²) in [7, 11) is 5.98. The minimum atomic E-state index is -1.19. The number of halogens is 2. The molecule has 0 aliphatic carbocycles. The Bertz CT molecular complexity index is 987. The normalized spacial score (nSPS) is 8.23. The third kappa shape index (κ3) is 17.6. The van der Waals surface area contributed by atoms with E-state index in [-0.39, 0.29) is 30.4 Å². The van der Waals surface area contributed by atoms with Crippen LogP contribution >= 0.6 is 0 Å². The van der Waals surface area contributed by atoms with Gasteiger partial charge in [-0.3, -0.25) is 0 Å². The molecule has 0 spiro atoms. The maximum atomic E-state index is 9.49. The van der Waals surface area contributed by atoms with Gasteiger partial charge in [-0.2, -0.15) is 0 Å². The van der Waals surface area contributed by atoms with Gasteiger partial charge in [-0.25, -0.2) is 13.7 Å². The van der Waals surface area contributed by atoms with Gasteiger partial charge in [-0.05, 0) is 29.7 Å². The number of hydrogen-bond donors (Lipinski definition) is 0. The van der Waals surface area contributed by atoms with Crippen LogP contribution in [-0.2, 0) is 25.9 Å². The average molecular weight is 517 g/mol. The Balaban J connectivity index is -0.000000387. The lowest BCUT2D eigenvalue weighted by atomic mass is 10.3. The summed E-state index contributed by atoms with van der Waals surface area (Å²) in [6.45, 7) is 15.5. The molecular weight excluding hydrogens is 481 g/mol. The minimum Gasteiger partial charge on any atom is -1.00 e. The van der Waals surface area contributed by atoms with Gasteiger partial charge in [0.15, 0.2) is 31.0 Å². The molecule has 35 heavy (non-hydrogen) atoms. The number of carboxylic acids is 1. The van der Waals surface area contributed by atoms with E-state index in [9.17, 15) is 9.90 Å². The molecule has 3 heterocycles. The molecule has 3 aromatic heterocycles. The third-order valence-corrected chi connectivity index (χ3v) is 4.13. The van der Waals surface area contributed by atoms with Crippen molar-refractivity contribution in [3.05, 3.63) is 122 Å². The van der Waals surface area contributed by atoms with Gasteiger partial charge in [0.05, 0.1) is 5.97 Å². The summed E-state index contributed by atoms with van der Waals surface area (Å²) in [5.74, 6) is -1.19. The third-order valence-electron chi connectivity index (χ3n) is 4.13. The van der Waals surface area contributed by atoms with Gasteiger partial charge < -0.3 is 34.7 Å². The maximum absolute atomic E-state index is 9.49. The van der Waals surface area contributed by atoms with Crippen LogP contribution < -0.4 is 43.6 Å². The fourth-order valence-electron chi connectivity index (χ4n) is 2.05. The number of carbonyl (C=O) groups excluding carboxylic acids is 1. The Morgan fingerprint density at radius 1 is 0.743 bits per heavy atom. The molecule has 0 bridgehead atoms. The van der Waals surface area contributed by atoms with E-state index in [1.54, 1.807) is 0 Å². The van der Waals surface area contributed by atoms with Crippen LogP contribution in [0.3, 0.4) is 0 Å². The molecule has 0 aliphatic heterocycles. The van der Waals surface area contributed by atoms with Crippen molar-refractivity contribution in [3.63, 3.8) is 0 Å². The standard InChI is InChI=1S/3C8H10N.C4H6O2.2ClH/c2*1-3-8-4-6-9(2)7-5-8;1-3-8-6-4-5-7-9(8)2;1-3(2)4(5)6;;/h3*3-7H,1H2,2H3;1H2,2H3,(H,5,6);2*1H/q3*+1;;;/p-3. The molecule has 0 aromatic carbocycles. The molecule has 188 valence electrons. The number of carboxylic acid groups (broad SMARTS) is 1. The fraction of sp³-hybridized carbons (Fsp3) is 0.143. The first-order valence-electron chi connectivity index (χ1n) is 10.2. The number of nitrogens with zero attached hydrogens (tertiary/aromatic N) is 3. The minimum absolute atomic E-state index is 0. The Morgan fingerprint density at radius 2 is 1.11 bits per heavy atom. The first-order valence-corrected chi connectivity index (χ1v) is 10.2. The van der Waals surface area contributed by atoms with E-state index >= 15 is 0 Å². The molecule has 0 unspecified atom stereocenters. The summed E-state index contributed by atoms with van der Waals surface area (Å²) in [4.78, 5) is 9.49. The number of aliphatic carboxylic acids is 1. The van der Waals surface area contributed by atoms with Crippen LogP contribution in [0.5, 0.6) is 0 Å². The number of pyridine rings is 3. The second-order valence-electron chi connectivity index (χ2n) is 7.01. The summed E-state index contributed by atoms with van der Waals surface area (Å²) in [5, 5.41) is 9.49. The highest BCUT2D eigenvalue weighted by molar-refractivity contribution is 5.82. The van der Waals surface area contributed by atoms with Gasteiger partial charge in [0.25, 0.3) is 0 Å². The molecule has 0 saturated carbocycles. The Morgan fingerprint density at radius 3 is 1.34 bits per heavy atom. The van der Waals surface area contributed by atoms with Crippen LogP contribution in [0, 0.1) is 0 Å². The first-order chi connectivity index (χ1) is 15.6. The zero-order valence-corrected chi connectivity index (χ0v) is 22.4. The molecule has 3 aromatic rings. The van der Waals surface area contributed by atoms with E-state index in [0.29, 0.717) is 0 Å². The lowest BCUT2D eigenvalue weighted by Crippen LogP contribution is -3.00. The van der Waals surface area contributed by atoms with Gasteiger partial charge in [-0.15, -0.1) is 0 Å². The van der Waals surface area contributed by atoms with Crippen molar-refractivity contribution in [2.24, 2.45) is 21.1 Å². The summed E-state index contributed by atoms with van der Waals surface area (Å²) in [5.41, 5.74) is 3.52. The number of hydrogen-bond acceptors (Lipinski definition) is 2. The molecule has 0 amide bonds. The lowest BCUT2D eigenvalue weighted by molar-refractivity contribution is -0.673. The van der Waals surface area contributed by atoms with Crippen molar-refractivity contribution in [1.82, 2.24) is 0 Å². The van der Waals surface area contributed by atoms with Crippen molar-refractivity contribution in [3.8, 4) is 0 Å². The average Bonchev–Trinajstić information content (AvgIpc) is 2.81. The van der Waals surface area contributed by atoms with Crippen molar-refractivity contribution < 1.29 is 48.4 Å². The highest BCUT2D eigenvalue weighted by Crippen LogP contribution is 1.95. The molecule has 0 atom stereocenters. The van der Waals surface area contributed by atoms with Gasteiger partial charge in [0.1, 0.15) is 21.1 Å². The summed E-state index contributed by atoms with van der Waals surface area (Å²) in [6.07, 6.45) is 15.5. The smallest absolute Gasteiger partial charge is 0.204 e. The molecule has 7 heteroatoms. The monoisotopic (exact) mass is 515 g/mol. The van der Waals surface area contributed by atoms with Crippen LogP contribution in [-0.4, -0.2) is 5.97 Å². The van der Waals surface area contributed by atoms with Gasteiger partial charge in [0.2, 0.25) is 5.69 Å². The molecule has 0 saturated heterocycles. The summed E-state index contributed by atoms with van der Waals surface area (Å²) >= 11 is 0. The number of aryl methyl sites for hydroxylation is 3. The van der Waals surface area contributed by atoms with Gasteiger partial charge >= 0.3 is 0 Å². The van der Waals surface area contributed by atoms with E-state index in [0.717, 1.165) is 16.8 Å². The van der Waals surface area contributed by atoms with E-state index in [4.69, 9.17) is 0 Å². The zero-order chi connectivity index (χ0) is 25.2. The Labute approximate surface area is 222 Å². The Hall–Kier alpha value is -3.54. The molecule has 0 N–H and O–H groups in total. The molecule has 3 rings (SSSR count). The van der Waals surface area contributed by atoms with Crippen molar-refractivity contribution in [2.75, 3.05) is 0 Å². The van der Waals surface area contributed by atoms with Crippen LogP contribution in [0.25, 0.3) is 18.2 Å². The second-order valence-corrected chi connectivity index (χ2v) is 7.01. The van der Waals surface area contributed by atoms with E-state index in [1.807, 2.05) is 127 Å². The van der Waals surface area contributed by atoms with Gasteiger partial charge in [0, 0.05) is 42.5 Å². The number of carbonyl (C=O) groups is 1. The SMILES string of the molecule is C=C(C)C(=O)[O-].C=Cc1cc[n+](C)cc1.C=Cc1cc[n+](C)cc1.C=Cc1cccc[n+]1C.[Cl-].[Cl-]. The van der Waals surface area contributed by atoms with Crippen LogP contribution in [0.15, 0.2) is 105 Å². The number of rotatable bonds is 4. The molecule has 0 fully saturated rings. The lowest BCUT2D eigenvalue weighted by Gasteiger charge is -1.93. The predicted molar refractivity (Wildman–Crippen MR) is 133 cm³/mol. The largest absolute Gasteiger partial charge is 1.00 e. The van der Waals surface area contributed by atoms with Crippen LogP contribution in [0.4, 0.5) is 0 Å². The first kappa shape index (κ1) is 36.0. The van der Waals surface area contributed by atoms with E-state index < -0.39 is 5.97 Å². The summed E-state index contributed by atoms with van der Waals surface area (Å²) in [6, 6.07) is 14.1.